The van der Waals surface area contributed by atoms with Crippen molar-refractivity contribution in [3.05, 3.63) is 48.8 Å². The molecule has 3 aromatic rings. The van der Waals surface area contributed by atoms with Crippen LogP contribution in [0.15, 0.2) is 48.8 Å². The Morgan fingerprint density at radius 2 is 1.70 bits per heavy atom. The van der Waals surface area contributed by atoms with Crippen LogP contribution in [0.25, 0.3) is 22.4 Å². The average Bonchev–Trinajstić information content (AvgIpc) is 2.90. The van der Waals surface area contributed by atoms with Crippen LogP contribution in [-0.4, -0.2) is 22.3 Å². The predicted molar refractivity (Wildman–Crippen MR) is 78.2 cm³/mol. The van der Waals surface area contributed by atoms with Crippen LogP contribution >= 0.6 is 0 Å². The van der Waals surface area contributed by atoms with E-state index in [9.17, 15) is 0 Å². The third kappa shape index (κ3) is 2.09. The number of benzene rings is 1. The van der Waals surface area contributed by atoms with Gasteiger partial charge in [-0.25, -0.2) is 0 Å². The summed E-state index contributed by atoms with van der Waals surface area (Å²) < 4.78 is 5.17. The maximum atomic E-state index is 5.99. The molecule has 0 saturated heterocycles. The minimum absolute atomic E-state index is 0.474. The second-order valence-electron chi connectivity index (χ2n) is 4.32. The topological polar surface area (TPSA) is 76.8 Å². The summed E-state index contributed by atoms with van der Waals surface area (Å²) in [5.74, 6) is 1.28. The molecule has 2 aromatic heterocycles. The van der Waals surface area contributed by atoms with Crippen molar-refractivity contribution in [1.82, 2.24) is 15.2 Å². The zero-order valence-electron chi connectivity index (χ0n) is 11.0. The van der Waals surface area contributed by atoms with Crippen molar-refractivity contribution in [2.75, 3.05) is 12.8 Å². The van der Waals surface area contributed by atoms with Crippen molar-refractivity contribution in [1.29, 1.82) is 0 Å². The largest absolute Gasteiger partial charge is 0.497 e. The molecule has 2 heterocycles. The lowest BCUT2D eigenvalue weighted by molar-refractivity contribution is 0.415. The quantitative estimate of drug-likeness (QED) is 0.764. The molecule has 0 bridgehead atoms. The summed E-state index contributed by atoms with van der Waals surface area (Å²) in [5, 5.41) is 7.10. The fraction of sp³-hybridized carbons (Fsp3) is 0.0667. The predicted octanol–water partition coefficient (Wildman–Crippen LogP) is 2.73. The van der Waals surface area contributed by atoms with Crippen molar-refractivity contribution in [3.8, 4) is 28.1 Å². The van der Waals surface area contributed by atoms with Crippen LogP contribution < -0.4 is 10.5 Å². The number of nitrogens with two attached hydrogens (primary N) is 1. The van der Waals surface area contributed by atoms with Gasteiger partial charge in [-0.3, -0.25) is 10.1 Å². The van der Waals surface area contributed by atoms with Crippen molar-refractivity contribution in [2.24, 2.45) is 0 Å². The summed E-state index contributed by atoms with van der Waals surface area (Å²) in [6, 6.07) is 11.6. The van der Waals surface area contributed by atoms with Crippen LogP contribution in [0.5, 0.6) is 5.75 Å². The molecule has 100 valence electrons. The Kier molecular flexibility index (Phi) is 3.09. The summed E-state index contributed by atoms with van der Waals surface area (Å²) in [5.41, 5.74) is 9.75. The van der Waals surface area contributed by atoms with Gasteiger partial charge in [0.1, 0.15) is 5.75 Å². The minimum atomic E-state index is 0.474. The van der Waals surface area contributed by atoms with Gasteiger partial charge in [0.25, 0.3) is 0 Å². The van der Waals surface area contributed by atoms with E-state index in [0.717, 1.165) is 28.1 Å². The first-order chi connectivity index (χ1) is 9.79. The van der Waals surface area contributed by atoms with E-state index in [4.69, 9.17) is 10.5 Å². The molecule has 0 saturated carbocycles. The molecule has 0 unspecified atom stereocenters. The monoisotopic (exact) mass is 266 g/mol. The van der Waals surface area contributed by atoms with Gasteiger partial charge in [0.05, 0.1) is 18.4 Å². The lowest BCUT2D eigenvalue weighted by Gasteiger charge is -2.06. The number of nitrogen functional groups attached to an aromatic ring is 1. The van der Waals surface area contributed by atoms with Crippen LogP contribution in [0.1, 0.15) is 0 Å². The molecule has 0 fully saturated rings. The molecule has 0 radical (unpaired) electrons. The molecule has 1 aromatic carbocycles. The SMILES string of the molecule is COc1ccc(-c2c(N)n[nH]c2-c2ccncc2)cc1. The second kappa shape index (κ2) is 5.05. The van der Waals surface area contributed by atoms with Crippen LogP contribution in [0.2, 0.25) is 0 Å². The molecular weight excluding hydrogens is 252 g/mol. The molecule has 5 nitrogen and oxygen atoms in total. The highest BCUT2D eigenvalue weighted by atomic mass is 16.5. The van der Waals surface area contributed by atoms with E-state index in [1.54, 1.807) is 19.5 Å². The minimum Gasteiger partial charge on any atom is -0.497 e. The number of hydrogen-bond donors (Lipinski definition) is 2. The Hall–Kier alpha value is -2.82. The molecule has 0 aliphatic rings. The van der Waals surface area contributed by atoms with Gasteiger partial charge in [0, 0.05) is 18.0 Å². The van der Waals surface area contributed by atoms with Crippen molar-refractivity contribution >= 4 is 5.82 Å². The number of nitrogens with zero attached hydrogens (tertiary/aromatic N) is 2. The van der Waals surface area contributed by atoms with Crippen LogP contribution in [0.4, 0.5) is 5.82 Å². The van der Waals surface area contributed by atoms with E-state index >= 15 is 0 Å². The molecule has 0 atom stereocenters. The number of H-pyrrole nitrogens is 1. The van der Waals surface area contributed by atoms with Crippen molar-refractivity contribution < 1.29 is 4.74 Å². The summed E-state index contributed by atoms with van der Waals surface area (Å²) in [7, 11) is 1.64. The van der Waals surface area contributed by atoms with Gasteiger partial charge in [0.15, 0.2) is 5.82 Å². The number of anilines is 1. The maximum absolute atomic E-state index is 5.99. The van der Waals surface area contributed by atoms with Crippen LogP contribution in [0.3, 0.4) is 0 Å². The molecule has 0 amide bonds. The number of hydrogen-bond acceptors (Lipinski definition) is 4. The van der Waals surface area contributed by atoms with Gasteiger partial charge < -0.3 is 10.5 Å². The standard InChI is InChI=1S/C15H14N4O/c1-20-12-4-2-10(3-5-12)13-14(18-19-15(13)16)11-6-8-17-9-7-11/h2-9H,1H3,(H3,16,18,19). The highest BCUT2D eigenvalue weighted by Crippen LogP contribution is 2.34. The fourth-order valence-corrected chi connectivity index (χ4v) is 2.13. The van der Waals surface area contributed by atoms with E-state index < -0.39 is 0 Å². The van der Waals surface area contributed by atoms with Crippen LogP contribution in [-0.2, 0) is 0 Å². The Morgan fingerprint density at radius 1 is 1.00 bits per heavy atom. The number of ether oxygens (including phenoxy) is 1. The third-order valence-corrected chi connectivity index (χ3v) is 3.14. The molecule has 0 spiro atoms. The van der Waals surface area contributed by atoms with Gasteiger partial charge in [-0.2, -0.15) is 5.10 Å². The summed E-state index contributed by atoms with van der Waals surface area (Å²) in [6.07, 6.45) is 3.48. The zero-order chi connectivity index (χ0) is 13.9. The lowest BCUT2D eigenvalue weighted by Crippen LogP contribution is -1.89. The Morgan fingerprint density at radius 3 is 2.35 bits per heavy atom. The third-order valence-electron chi connectivity index (χ3n) is 3.14. The van der Waals surface area contributed by atoms with E-state index in [-0.39, 0.29) is 0 Å². The van der Waals surface area contributed by atoms with Crippen LogP contribution in [0, 0.1) is 0 Å². The van der Waals surface area contributed by atoms with Gasteiger partial charge in [-0.05, 0) is 29.8 Å². The number of rotatable bonds is 3. The Labute approximate surface area is 116 Å². The first kappa shape index (κ1) is 12.2. The Bertz CT molecular complexity index is 704. The second-order valence-corrected chi connectivity index (χ2v) is 4.32. The van der Waals surface area contributed by atoms with Crippen molar-refractivity contribution in [3.63, 3.8) is 0 Å². The number of methoxy groups -OCH3 is 1. The first-order valence-corrected chi connectivity index (χ1v) is 6.18. The molecule has 3 N–H and O–H groups in total. The first-order valence-electron chi connectivity index (χ1n) is 6.18. The smallest absolute Gasteiger partial charge is 0.153 e. The van der Waals surface area contributed by atoms with E-state index in [1.165, 1.54) is 0 Å². The zero-order valence-corrected chi connectivity index (χ0v) is 11.0. The number of pyridine rings is 1. The van der Waals surface area contributed by atoms with E-state index in [0.29, 0.717) is 5.82 Å². The Balaban J connectivity index is 2.11. The highest BCUT2D eigenvalue weighted by Gasteiger charge is 2.14. The fourth-order valence-electron chi connectivity index (χ4n) is 2.13. The van der Waals surface area contributed by atoms with E-state index in [2.05, 4.69) is 15.2 Å². The normalized spacial score (nSPS) is 10.4. The van der Waals surface area contributed by atoms with Gasteiger partial charge in [0.2, 0.25) is 0 Å². The molecule has 5 heteroatoms. The molecular formula is C15H14N4O. The average molecular weight is 266 g/mol. The number of nitrogens with one attached hydrogen (secondary N) is 1. The highest BCUT2D eigenvalue weighted by molar-refractivity contribution is 5.87. The van der Waals surface area contributed by atoms with Gasteiger partial charge in [-0.1, -0.05) is 12.1 Å². The number of aromatic nitrogens is 3. The molecule has 3 rings (SSSR count). The molecule has 0 aliphatic heterocycles. The van der Waals surface area contributed by atoms with Gasteiger partial charge >= 0.3 is 0 Å². The lowest BCUT2D eigenvalue weighted by atomic mass is 10.0. The summed E-state index contributed by atoms with van der Waals surface area (Å²) in [4.78, 5) is 4.02. The summed E-state index contributed by atoms with van der Waals surface area (Å²) in [6.45, 7) is 0. The summed E-state index contributed by atoms with van der Waals surface area (Å²) >= 11 is 0. The number of aromatic amines is 1. The van der Waals surface area contributed by atoms with Crippen molar-refractivity contribution in [2.45, 2.75) is 0 Å². The molecule has 0 aliphatic carbocycles. The van der Waals surface area contributed by atoms with E-state index in [1.807, 2.05) is 36.4 Å². The molecule has 20 heavy (non-hydrogen) atoms. The maximum Gasteiger partial charge on any atom is 0.153 e. The van der Waals surface area contributed by atoms with Gasteiger partial charge in [-0.15, -0.1) is 0 Å².